The van der Waals surface area contributed by atoms with Crippen molar-refractivity contribution in [3.63, 3.8) is 0 Å². The lowest BCUT2D eigenvalue weighted by molar-refractivity contribution is -0.134. The summed E-state index contributed by atoms with van der Waals surface area (Å²) in [4.78, 5) is 41.0. The molecule has 0 bridgehead atoms. The van der Waals surface area contributed by atoms with Gasteiger partial charge in [0, 0.05) is 37.2 Å². The van der Waals surface area contributed by atoms with E-state index in [0.29, 0.717) is 31.6 Å². The maximum atomic E-state index is 12.8. The van der Waals surface area contributed by atoms with Crippen molar-refractivity contribution in [1.29, 1.82) is 0 Å². The summed E-state index contributed by atoms with van der Waals surface area (Å²) >= 11 is 0. The quantitative estimate of drug-likeness (QED) is 0.470. The number of methoxy groups -OCH3 is 1. The van der Waals surface area contributed by atoms with Gasteiger partial charge in [0.05, 0.1) is 6.04 Å². The Labute approximate surface area is 190 Å². The molecular weight excluding hydrogens is 414 g/mol. The maximum Gasteiger partial charge on any atom is 0.407 e. The second kappa shape index (κ2) is 13.0. The molecule has 0 aliphatic rings. The lowest BCUT2D eigenvalue weighted by atomic mass is 10.0. The van der Waals surface area contributed by atoms with Crippen molar-refractivity contribution in [3.05, 3.63) is 23.5 Å². The normalized spacial score (nSPS) is 13.1. The number of alkyl carbamates (subject to hydrolysis) is 1. The molecule has 0 aliphatic heterocycles. The predicted octanol–water partition coefficient (Wildman–Crippen LogP) is 2.86. The van der Waals surface area contributed by atoms with Gasteiger partial charge in [-0.05, 0) is 60.8 Å². The molecule has 9 nitrogen and oxygen atoms in total. The van der Waals surface area contributed by atoms with Crippen LogP contribution in [0.4, 0.5) is 4.79 Å². The minimum atomic E-state index is -0.717. The van der Waals surface area contributed by atoms with Crippen molar-refractivity contribution < 1.29 is 28.6 Å². The molecule has 0 spiro atoms. The third-order valence-corrected chi connectivity index (χ3v) is 4.45. The third-order valence-electron chi connectivity index (χ3n) is 4.45. The highest BCUT2D eigenvalue weighted by Gasteiger charge is 2.24. The zero-order valence-corrected chi connectivity index (χ0v) is 20.2. The summed E-state index contributed by atoms with van der Waals surface area (Å²) < 4.78 is 15.9. The number of Topliss-reactive ketones (excluding diaryl/α,β-unsaturated/α-hetero) is 1. The molecule has 0 radical (unpaired) electrons. The number of ether oxygens (including phenoxy) is 3. The SMILES string of the molecule is COC(C)C(=O)N[C@@H](CCCCNC(=O)OC(C)(C)C)C(=O)COc1cc(C)nc(C)c1. The van der Waals surface area contributed by atoms with Gasteiger partial charge in [-0.3, -0.25) is 14.6 Å². The van der Waals surface area contributed by atoms with E-state index in [9.17, 15) is 14.4 Å². The van der Waals surface area contributed by atoms with Gasteiger partial charge in [0.1, 0.15) is 24.1 Å². The zero-order chi connectivity index (χ0) is 24.3. The van der Waals surface area contributed by atoms with Crippen LogP contribution in [0.1, 0.15) is 58.3 Å². The number of unbranched alkanes of at least 4 members (excludes halogenated alkanes) is 1. The summed E-state index contributed by atoms with van der Waals surface area (Å²) in [5, 5.41) is 5.42. The average molecular weight is 452 g/mol. The molecule has 1 rings (SSSR count). The molecule has 1 aromatic rings. The Hall–Kier alpha value is -2.68. The van der Waals surface area contributed by atoms with E-state index in [-0.39, 0.29) is 18.3 Å². The molecule has 32 heavy (non-hydrogen) atoms. The Morgan fingerprint density at radius 2 is 1.72 bits per heavy atom. The van der Waals surface area contributed by atoms with Crippen LogP contribution in [0.25, 0.3) is 0 Å². The second-order valence-corrected chi connectivity index (χ2v) is 8.70. The van der Waals surface area contributed by atoms with E-state index in [1.165, 1.54) is 7.11 Å². The van der Waals surface area contributed by atoms with Crippen LogP contribution in [-0.4, -0.2) is 60.8 Å². The molecule has 0 saturated heterocycles. The number of ketones is 1. The fourth-order valence-corrected chi connectivity index (χ4v) is 2.82. The number of aromatic nitrogens is 1. The Bertz CT molecular complexity index is 755. The van der Waals surface area contributed by atoms with Gasteiger partial charge in [0.2, 0.25) is 5.91 Å². The molecule has 2 atom stereocenters. The maximum absolute atomic E-state index is 12.8. The summed E-state index contributed by atoms with van der Waals surface area (Å²) in [5.74, 6) is -0.0533. The first-order valence-corrected chi connectivity index (χ1v) is 10.8. The average Bonchev–Trinajstić information content (AvgIpc) is 2.68. The number of aryl methyl sites for hydroxylation is 2. The minimum absolute atomic E-state index is 0.175. The molecule has 0 aliphatic carbocycles. The van der Waals surface area contributed by atoms with Crippen molar-refractivity contribution >= 4 is 17.8 Å². The number of rotatable bonds is 12. The van der Waals surface area contributed by atoms with Crippen LogP contribution in [0.3, 0.4) is 0 Å². The fourth-order valence-electron chi connectivity index (χ4n) is 2.82. The number of nitrogens with one attached hydrogen (secondary N) is 2. The van der Waals surface area contributed by atoms with Crippen molar-refractivity contribution in [2.24, 2.45) is 0 Å². The van der Waals surface area contributed by atoms with Crippen molar-refractivity contribution in [2.75, 3.05) is 20.3 Å². The van der Waals surface area contributed by atoms with Crippen molar-refractivity contribution in [3.8, 4) is 5.75 Å². The van der Waals surface area contributed by atoms with Gasteiger partial charge in [-0.2, -0.15) is 0 Å². The zero-order valence-electron chi connectivity index (χ0n) is 20.2. The lowest BCUT2D eigenvalue weighted by Crippen LogP contribution is -2.46. The standard InChI is InChI=1S/C23H37N3O6/c1-15-12-18(13-16(2)25-15)31-14-20(27)19(26-21(28)17(3)30-7)10-8-9-11-24-22(29)32-23(4,5)6/h12-13,17,19H,8-11,14H2,1-7H3,(H,24,29)(H,26,28)/t17?,19-/m0/s1. The molecule has 0 fully saturated rings. The Kier molecular flexibility index (Phi) is 11.1. The van der Waals surface area contributed by atoms with Crippen molar-refractivity contribution in [1.82, 2.24) is 15.6 Å². The number of pyridine rings is 1. The predicted molar refractivity (Wildman–Crippen MR) is 121 cm³/mol. The van der Waals surface area contributed by atoms with Gasteiger partial charge in [-0.1, -0.05) is 0 Å². The van der Waals surface area contributed by atoms with E-state index in [4.69, 9.17) is 14.2 Å². The smallest absolute Gasteiger partial charge is 0.407 e. The van der Waals surface area contributed by atoms with Crippen LogP contribution >= 0.6 is 0 Å². The van der Waals surface area contributed by atoms with E-state index in [1.807, 2.05) is 13.8 Å². The molecule has 180 valence electrons. The molecule has 0 saturated carbocycles. The molecule has 1 aromatic heterocycles. The monoisotopic (exact) mass is 451 g/mol. The number of carbonyl (C=O) groups is 3. The number of nitrogens with zero attached hydrogens (tertiary/aromatic N) is 1. The summed E-state index contributed by atoms with van der Waals surface area (Å²) in [7, 11) is 1.43. The Morgan fingerprint density at radius 3 is 2.28 bits per heavy atom. The molecular formula is C23H37N3O6. The first-order valence-electron chi connectivity index (χ1n) is 10.8. The van der Waals surface area contributed by atoms with Gasteiger partial charge in [0.15, 0.2) is 5.78 Å². The second-order valence-electron chi connectivity index (χ2n) is 8.70. The molecule has 1 unspecified atom stereocenters. The topological polar surface area (TPSA) is 116 Å². The van der Waals surface area contributed by atoms with E-state index >= 15 is 0 Å². The third kappa shape index (κ3) is 11.1. The molecule has 2 N–H and O–H groups in total. The number of hydrogen-bond acceptors (Lipinski definition) is 7. The largest absolute Gasteiger partial charge is 0.486 e. The van der Waals surface area contributed by atoms with Gasteiger partial charge in [0.25, 0.3) is 0 Å². The summed E-state index contributed by atoms with van der Waals surface area (Å²) in [6.07, 6.45) is 0.493. The Morgan fingerprint density at radius 1 is 1.09 bits per heavy atom. The summed E-state index contributed by atoms with van der Waals surface area (Å²) in [5.41, 5.74) is 1.03. The molecule has 0 aromatic carbocycles. The van der Waals surface area contributed by atoms with E-state index in [0.717, 1.165) is 11.4 Å². The van der Waals surface area contributed by atoms with Gasteiger partial charge in [-0.25, -0.2) is 4.79 Å². The Balaban J connectivity index is 2.60. The number of carbonyl (C=O) groups excluding carboxylic acids is 3. The number of amides is 2. The number of hydrogen-bond donors (Lipinski definition) is 2. The lowest BCUT2D eigenvalue weighted by Gasteiger charge is -2.21. The van der Waals surface area contributed by atoms with Crippen LogP contribution in [-0.2, 0) is 19.1 Å². The van der Waals surface area contributed by atoms with E-state index in [1.54, 1.807) is 39.8 Å². The van der Waals surface area contributed by atoms with Crippen LogP contribution in [0.5, 0.6) is 5.75 Å². The highest BCUT2D eigenvalue weighted by molar-refractivity contribution is 5.91. The van der Waals surface area contributed by atoms with Gasteiger partial charge < -0.3 is 24.8 Å². The van der Waals surface area contributed by atoms with E-state index in [2.05, 4.69) is 15.6 Å². The first-order chi connectivity index (χ1) is 14.9. The van der Waals surface area contributed by atoms with Crippen LogP contribution in [0.2, 0.25) is 0 Å². The van der Waals surface area contributed by atoms with Gasteiger partial charge >= 0.3 is 6.09 Å². The van der Waals surface area contributed by atoms with E-state index < -0.39 is 23.8 Å². The van der Waals surface area contributed by atoms with Gasteiger partial charge in [-0.15, -0.1) is 0 Å². The van der Waals surface area contributed by atoms with Crippen molar-refractivity contribution in [2.45, 2.75) is 78.6 Å². The molecule has 9 heteroatoms. The van der Waals surface area contributed by atoms with Crippen LogP contribution < -0.4 is 15.4 Å². The summed E-state index contributed by atoms with van der Waals surface area (Å²) in [6, 6.07) is 2.79. The molecule has 2 amide bonds. The van der Waals surface area contributed by atoms with Crippen LogP contribution in [0, 0.1) is 13.8 Å². The summed E-state index contributed by atoms with van der Waals surface area (Å²) in [6.45, 7) is 10.9. The highest BCUT2D eigenvalue weighted by atomic mass is 16.6. The first kappa shape index (κ1) is 27.4. The van der Waals surface area contributed by atoms with Crippen LogP contribution in [0.15, 0.2) is 12.1 Å². The molecule has 1 heterocycles. The highest BCUT2D eigenvalue weighted by Crippen LogP contribution is 2.14. The fraction of sp³-hybridized carbons (Fsp3) is 0.652. The minimum Gasteiger partial charge on any atom is -0.486 e.